The summed E-state index contributed by atoms with van der Waals surface area (Å²) in [5.41, 5.74) is 1.26. The van der Waals surface area contributed by atoms with Gasteiger partial charge in [0.15, 0.2) is 0 Å². The lowest BCUT2D eigenvalue weighted by Crippen LogP contribution is -1.85. The number of hydrogen-bond acceptors (Lipinski definition) is 2. The topological polar surface area (TPSA) is 40.5 Å². The first-order valence-corrected chi connectivity index (χ1v) is 8.24. The van der Waals surface area contributed by atoms with Gasteiger partial charge in [0.05, 0.1) is 0 Å². The van der Waals surface area contributed by atoms with Crippen LogP contribution in [0, 0.1) is 0 Å². The molecular formula is C20H28O2. The quantitative estimate of drug-likeness (QED) is 0.710. The molecule has 2 nitrogen and oxygen atoms in total. The Hall–Kier alpha value is -1.96. The number of hydrogen-bond donors (Lipinski definition) is 2. The Bertz CT molecular complexity index is 461. The van der Waals surface area contributed by atoms with E-state index in [9.17, 15) is 0 Å². The lowest BCUT2D eigenvalue weighted by atomic mass is 10.0. The van der Waals surface area contributed by atoms with Gasteiger partial charge in [0.2, 0.25) is 0 Å². The zero-order valence-electron chi connectivity index (χ0n) is 13.5. The zero-order valence-corrected chi connectivity index (χ0v) is 13.5. The van der Waals surface area contributed by atoms with Crippen LogP contribution >= 0.6 is 0 Å². The monoisotopic (exact) mass is 300 g/mol. The predicted molar refractivity (Wildman–Crippen MR) is 93.3 cm³/mol. The second-order valence-electron chi connectivity index (χ2n) is 5.48. The third-order valence-electron chi connectivity index (χ3n) is 3.60. The van der Waals surface area contributed by atoms with Gasteiger partial charge in [-0.2, -0.15) is 0 Å². The summed E-state index contributed by atoms with van der Waals surface area (Å²) in [7, 11) is 0. The fourth-order valence-corrected chi connectivity index (χ4v) is 2.22. The largest absolute Gasteiger partial charge is 0.508 e. The maximum atomic E-state index is 8.85. The first-order chi connectivity index (χ1) is 10.7. The van der Waals surface area contributed by atoms with E-state index >= 15 is 0 Å². The minimum Gasteiger partial charge on any atom is -0.508 e. The molecule has 0 radical (unpaired) electrons. The number of benzene rings is 2. The smallest absolute Gasteiger partial charge is 0.115 e. The van der Waals surface area contributed by atoms with Crippen molar-refractivity contribution >= 4 is 0 Å². The highest BCUT2D eigenvalue weighted by Crippen LogP contribution is 2.15. The second-order valence-corrected chi connectivity index (χ2v) is 5.48. The Labute approximate surface area is 134 Å². The first kappa shape index (κ1) is 18.1. The van der Waals surface area contributed by atoms with Crippen molar-refractivity contribution in [1.82, 2.24) is 0 Å². The van der Waals surface area contributed by atoms with Crippen LogP contribution in [0.15, 0.2) is 54.6 Å². The molecule has 3 rings (SSSR count). The molecule has 1 aliphatic rings. The van der Waals surface area contributed by atoms with Crippen LogP contribution < -0.4 is 0 Å². The van der Waals surface area contributed by atoms with E-state index in [1.54, 1.807) is 36.4 Å². The number of aryl methyl sites for hydroxylation is 1. The minimum absolute atomic E-state index is 0.322. The summed E-state index contributed by atoms with van der Waals surface area (Å²) in [6.07, 6.45) is 10.0. The van der Waals surface area contributed by atoms with Crippen molar-refractivity contribution in [2.75, 3.05) is 0 Å². The van der Waals surface area contributed by atoms with Gasteiger partial charge in [-0.15, -0.1) is 0 Å². The van der Waals surface area contributed by atoms with Gasteiger partial charge in [0, 0.05) is 0 Å². The van der Waals surface area contributed by atoms with Crippen molar-refractivity contribution in [1.29, 1.82) is 0 Å². The molecule has 0 heterocycles. The van der Waals surface area contributed by atoms with E-state index in [0.717, 1.165) is 6.42 Å². The zero-order chi connectivity index (χ0) is 16.0. The molecule has 0 spiro atoms. The fraction of sp³-hybridized carbons (Fsp3) is 0.400. The van der Waals surface area contributed by atoms with Crippen molar-refractivity contribution in [3.05, 3.63) is 60.2 Å². The average Bonchev–Trinajstić information content (AvgIpc) is 2.59. The lowest BCUT2D eigenvalue weighted by molar-refractivity contribution is 0.474. The Balaban J connectivity index is 0.000000169. The van der Waals surface area contributed by atoms with E-state index in [-0.39, 0.29) is 0 Å². The van der Waals surface area contributed by atoms with E-state index in [2.05, 4.69) is 6.92 Å². The molecule has 0 aromatic heterocycles. The molecule has 2 aromatic rings. The van der Waals surface area contributed by atoms with Crippen molar-refractivity contribution in [2.24, 2.45) is 0 Å². The van der Waals surface area contributed by atoms with Crippen molar-refractivity contribution in [3.63, 3.8) is 0 Å². The van der Waals surface area contributed by atoms with Crippen LogP contribution in [-0.4, -0.2) is 10.2 Å². The van der Waals surface area contributed by atoms with Gasteiger partial charge in [-0.3, -0.25) is 0 Å². The van der Waals surface area contributed by atoms with Crippen LogP contribution in [0.1, 0.15) is 51.0 Å². The predicted octanol–water partition coefficient (Wildman–Crippen LogP) is 5.69. The Morgan fingerprint density at radius 2 is 1.05 bits per heavy atom. The molecule has 1 saturated carbocycles. The summed E-state index contributed by atoms with van der Waals surface area (Å²) >= 11 is 0. The molecule has 1 fully saturated rings. The molecule has 0 amide bonds. The van der Waals surface area contributed by atoms with Crippen LogP contribution in [0.25, 0.3) is 0 Å². The summed E-state index contributed by atoms with van der Waals surface area (Å²) in [5, 5.41) is 17.5. The molecule has 2 aromatic carbocycles. The number of aromatic hydroxyl groups is 2. The van der Waals surface area contributed by atoms with E-state index in [1.165, 1.54) is 44.1 Å². The third-order valence-corrected chi connectivity index (χ3v) is 3.60. The summed E-state index contributed by atoms with van der Waals surface area (Å²) in [6, 6.07) is 16.0. The molecular weight excluding hydrogens is 272 g/mol. The average molecular weight is 300 g/mol. The van der Waals surface area contributed by atoms with E-state index < -0.39 is 0 Å². The van der Waals surface area contributed by atoms with Gasteiger partial charge < -0.3 is 10.2 Å². The van der Waals surface area contributed by atoms with E-state index in [1.807, 2.05) is 18.2 Å². The van der Waals surface area contributed by atoms with Crippen LogP contribution in [-0.2, 0) is 6.42 Å². The molecule has 2 heteroatoms. The summed E-state index contributed by atoms with van der Waals surface area (Å²) in [4.78, 5) is 0. The Kier molecular flexibility index (Phi) is 9.60. The Morgan fingerprint density at radius 1 is 0.636 bits per heavy atom. The second kappa shape index (κ2) is 11.7. The highest BCUT2D eigenvalue weighted by molar-refractivity contribution is 5.25. The molecule has 22 heavy (non-hydrogen) atoms. The molecule has 120 valence electrons. The summed E-state index contributed by atoms with van der Waals surface area (Å²) < 4.78 is 0. The van der Waals surface area contributed by atoms with Gasteiger partial charge in [0.25, 0.3) is 0 Å². The fourth-order valence-electron chi connectivity index (χ4n) is 2.22. The molecule has 0 unspecified atom stereocenters. The Morgan fingerprint density at radius 3 is 1.36 bits per heavy atom. The van der Waals surface area contributed by atoms with E-state index in [0.29, 0.717) is 11.5 Å². The molecule has 0 bridgehead atoms. The number of phenols is 2. The maximum Gasteiger partial charge on any atom is 0.115 e. The molecule has 2 N–H and O–H groups in total. The third kappa shape index (κ3) is 9.06. The number of para-hydroxylation sites is 1. The lowest BCUT2D eigenvalue weighted by Gasteiger charge is -2.05. The highest BCUT2D eigenvalue weighted by atomic mass is 16.3. The van der Waals surface area contributed by atoms with Crippen molar-refractivity contribution < 1.29 is 10.2 Å². The van der Waals surface area contributed by atoms with Crippen LogP contribution in [0.2, 0.25) is 0 Å². The van der Waals surface area contributed by atoms with Gasteiger partial charge in [-0.25, -0.2) is 0 Å². The maximum absolute atomic E-state index is 8.85. The van der Waals surface area contributed by atoms with Gasteiger partial charge in [-0.05, 0) is 36.2 Å². The summed E-state index contributed by atoms with van der Waals surface area (Å²) in [6.45, 7) is 2.09. The van der Waals surface area contributed by atoms with Crippen molar-refractivity contribution in [3.8, 4) is 11.5 Å². The number of rotatable bonds is 1. The molecule has 1 aliphatic carbocycles. The van der Waals surface area contributed by atoms with Crippen molar-refractivity contribution in [2.45, 2.75) is 51.9 Å². The number of phenolic OH excluding ortho intramolecular Hbond substituents is 2. The highest BCUT2D eigenvalue weighted by Gasteiger charge is 1.95. The summed E-state index contributed by atoms with van der Waals surface area (Å²) in [5.74, 6) is 0.662. The van der Waals surface area contributed by atoms with Crippen LogP contribution in [0.3, 0.4) is 0 Å². The van der Waals surface area contributed by atoms with E-state index in [4.69, 9.17) is 10.2 Å². The van der Waals surface area contributed by atoms with Crippen LogP contribution in [0.4, 0.5) is 0 Å². The molecule has 0 atom stereocenters. The molecule has 0 saturated heterocycles. The van der Waals surface area contributed by atoms with Gasteiger partial charge >= 0.3 is 0 Å². The first-order valence-electron chi connectivity index (χ1n) is 8.24. The molecule has 0 aliphatic heterocycles. The SMILES string of the molecule is C1CCCCC1.CCc1ccc(O)cc1.Oc1ccccc1. The van der Waals surface area contributed by atoms with Crippen LogP contribution in [0.5, 0.6) is 11.5 Å². The standard InChI is InChI=1S/C8H10O.C6H6O.C6H12/c1-2-7-3-5-8(9)6-4-7;7-6-4-2-1-3-5-6;1-2-4-6-5-3-1/h3-6,9H,2H2,1H3;1-5,7H;1-6H2. The van der Waals surface area contributed by atoms with Gasteiger partial charge in [-0.1, -0.05) is 75.8 Å². The minimum atomic E-state index is 0.322. The van der Waals surface area contributed by atoms with Gasteiger partial charge in [0.1, 0.15) is 11.5 Å². The normalized spacial score (nSPS) is 13.1.